The second-order valence-electron chi connectivity index (χ2n) is 6.62. The molecular weight excluding hydrogens is 357 g/mol. The summed E-state index contributed by atoms with van der Waals surface area (Å²) in [4.78, 5) is 38.9. The lowest BCUT2D eigenvalue weighted by atomic mass is 10.2. The zero-order valence-electron chi connectivity index (χ0n) is 15.2. The predicted molar refractivity (Wildman–Crippen MR) is 94.5 cm³/mol. The average Bonchev–Trinajstić information content (AvgIpc) is 2.57. The SMILES string of the molecule is CC(C)(C)OC(=O)Nc1nc(=O)n(CC(=O)OCc2ccccc2)cc1F. The molecule has 0 fully saturated rings. The monoisotopic (exact) mass is 377 g/mol. The van der Waals surface area contributed by atoms with E-state index in [1.807, 2.05) is 6.07 Å². The van der Waals surface area contributed by atoms with E-state index in [-0.39, 0.29) is 6.61 Å². The number of amides is 1. The van der Waals surface area contributed by atoms with Crippen molar-refractivity contribution in [3.63, 3.8) is 0 Å². The van der Waals surface area contributed by atoms with E-state index in [9.17, 15) is 18.8 Å². The molecular formula is C18H20FN3O5. The fourth-order valence-electron chi connectivity index (χ4n) is 1.99. The zero-order valence-corrected chi connectivity index (χ0v) is 15.2. The molecule has 27 heavy (non-hydrogen) atoms. The largest absolute Gasteiger partial charge is 0.459 e. The van der Waals surface area contributed by atoms with E-state index in [1.165, 1.54) is 0 Å². The van der Waals surface area contributed by atoms with Crippen molar-refractivity contribution in [2.75, 3.05) is 5.32 Å². The molecule has 0 spiro atoms. The number of halogens is 1. The molecule has 0 bridgehead atoms. The van der Waals surface area contributed by atoms with Crippen LogP contribution in [0.15, 0.2) is 41.3 Å². The lowest BCUT2D eigenvalue weighted by Crippen LogP contribution is -2.31. The van der Waals surface area contributed by atoms with Gasteiger partial charge in [0.1, 0.15) is 18.8 Å². The molecule has 2 rings (SSSR count). The van der Waals surface area contributed by atoms with Crippen LogP contribution in [0.3, 0.4) is 0 Å². The van der Waals surface area contributed by atoms with Gasteiger partial charge in [-0.25, -0.2) is 14.0 Å². The quantitative estimate of drug-likeness (QED) is 0.804. The van der Waals surface area contributed by atoms with Crippen LogP contribution in [0.1, 0.15) is 26.3 Å². The topological polar surface area (TPSA) is 99.5 Å². The molecule has 1 amide bonds. The van der Waals surface area contributed by atoms with Crippen molar-refractivity contribution >= 4 is 17.9 Å². The molecule has 8 nitrogen and oxygen atoms in total. The standard InChI is InChI=1S/C18H20FN3O5/c1-18(2,3)27-17(25)21-15-13(19)9-22(16(24)20-15)10-14(23)26-11-12-7-5-4-6-8-12/h4-9H,10-11H2,1-3H3,(H,20,21,24,25). The van der Waals surface area contributed by atoms with Gasteiger partial charge in [0, 0.05) is 6.20 Å². The Balaban J connectivity index is 2.00. The first kappa shape index (κ1) is 20.1. The van der Waals surface area contributed by atoms with Crippen LogP contribution < -0.4 is 11.0 Å². The number of benzene rings is 1. The zero-order chi connectivity index (χ0) is 20.0. The molecule has 144 valence electrons. The minimum atomic E-state index is -0.990. The molecule has 0 radical (unpaired) electrons. The Hall–Kier alpha value is -3.23. The first-order valence-corrected chi connectivity index (χ1v) is 8.10. The molecule has 0 atom stereocenters. The third kappa shape index (κ3) is 6.53. The van der Waals surface area contributed by atoms with Gasteiger partial charge >= 0.3 is 17.8 Å². The molecule has 2 aromatic rings. The number of carbonyl (C=O) groups is 2. The fraction of sp³-hybridized carbons (Fsp3) is 0.333. The van der Waals surface area contributed by atoms with Gasteiger partial charge in [-0.1, -0.05) is 30.3 Å². The van der Waals surface area contributed by atoms with E-state index in [4.69, 9.17) is 9.47 Å². The van der Waals surface area contributed by atoms with Gasteiger partial charge in [0.05, 0.1) is 0 Å². The van der Waals surface area contributed by atoms with Crippen molar-refractivity contribution in [3.8, 4) is 0 Å². The first-order valence-electron chi connectivity index (χ1n) is 8.10. The van der Waals surface area contributed by atoms with Gasteiger partial charge in [-0.15, -0.1) is 0 Å². The Labute approximate surface area is 154 Å². The summed E-state index contributed by atoms with van der Waals surface area (Å²) in [5.74, 6) is -2.30. The van der Waals surface area contributed by atoms with Crippen molar-refractivity contribution < 1.29 is 23.5 Å². The maximum atomic E-state index is 14.1. The second kappa shape index (κ2) is 8.43. The molecule has 0 unspecified atom stereocenters. The van der Waals surface area contributed by atoms with Crippen LogP contribution in [0.25, 0.3) is 0 Å². The first-order chi connectivity index (χ1) is 12.6. The highest BCUT2D eigenvalue weighted by Crippen LogP contribution is 2.11. The molecule has 9 heteroatoms. The van der Waals surface area contributed by atoms with Crippen molar-refractivity contribution in [1.29, 1.82) is 0 Å². The van der Waals surface area contributed by atoms with E-state index < -0.39 is 41.5 Å². The van der Waals surface area contributed by atoms with Crippen molar-refractivity contribution in [3.05, 3.63) is 58.4 Å². The number of ether oxygens (including phenoxy) is 2. The second-order valence-corrected chi connectivity index (χ2v) is 6.62. The van der Waals surface area contributed by atoms with Gasteiger partial charge in [-0.3, -0.25) is 14.7 Å². The van der Waals surface area contributed by atoms with E-state index in [0.29, 0.717) is 0 Å². The third-order valence-corrected chi connectivity index (χ3v) is 3.11. The number of rotatable bonds is 5. The van der Waals surface area contributed by atoms with Gasteiger partial charge in [-0.05, 0) is 26.3 Å². The van der Waals surface area contributed by atoms with Gasteiger partial charge < -0.3 is 9.47 Å². The van der Waals surface area contributed by atoms with Crippen molar-refractivity contribution in [2.45, 2.75) is 39.5 Å². The van der Waals surface area contributed by atoms with E-state index in [1.54, 1.807) is 45.0 Å². The number of nitrogens with one attached hydrogen (secondary N) is 1. The number of hydrogen-bond donors (Lipinski definition) is 1. The maximum Gasteiger partial charge on any atom is 0.413 e. The minimum Gasteiger partial charge on any atom is -0.459 e. The molecule has 1 N–H and O–H groups in total. The molecule has 0 saturated heterocycles. The summed E-state index contributed by atoms with van der Waals surface area (Å²) in [5, 5.41) is 2.06. The van der Waals surface area contributed by atoms with Crippen LogP contribution in [-0.2, 0) is 27.4 Å². The minimum absolute atomic E-state index is 0.0304. The Morgan fingerprint density at radius 2 is 1.89 bits per heavy atom. The van der Waals surface area contributed by atoms with Gasteiger partial charge in [0.15, 0.2) is 11.6 Å². The number of carbonyl (C=O) groups excluding carboxylic acids is 2. The van der Waals surface area contributed by atoms with Crippen LogP contribution >= 0.6 is 0 Å². The molecule has 0 saturated carbocycles. The summed E-state index contributed by atoms with van der Waals surface area (Å²) >= 11 is 0. The van der Waals surface area contributed by atoms with E-state index in [0.717, 1.165) is 16.3 Å². The van der Waals surface area contributed by atoms with E-state index in [2.05, 4.69) is 10.3 Å². The number of nitrogens with zero attached hydrogens (tertiary/aromatic N) is 2. The summed E-state index contributed by atoms with van der Waals surface area (Å²) in [7, 11) is 0. The summed E-state index contributed by atoms with van der Waals surface area (Å²) in [5.41, 5.74) is -0.934. The van der Waals surface area contributed by atoms with Crippen molar-refractivity contribution in [2.24, 2.45) is 0 Å². The predicted octanol–water partition coefficient (Wildman–Crippen LogP) is 2.47. The molecule has 1 heterocycles. The van der Waals surface area contributed by atoms with Gasteiger partial charge in [0.2, 0.25) is 0 Å². The smallest absolute Gasteiger partial charge is 0.413 e. The maximum absolute atomic E-state index is 14.1. The molecule has 0 aliphatic heterocycles. The number of aromatic nitrogens is 2. The Morgan fingerprint density at radius 1 is 1.22 bits per heavy atom. The van der Waals surface area contributed by atoms with Gasteiger partial charge in [0.25, 0.3) is 0 Å². The van der Waals surface area contributed by atoms with Crippen LogP contribution in [0, 0.1) is 5.82 Å². The number of anilines is 1. The molecule has 1 aromatic carbocycles. The Kier molecular flexibility index (Phi) is 6.27. The lowest BCUT2D eigenvalue weighted by Gasteiger charge is -2.19. The normalized spacial score (nSPS) is 11.0. The summed E-state index contributed by atoms with van der Waals surface area (Å²) < 4.78 is 24.8. The highest BCUT2D eigenvalue weighted by molar-refractivity contribution is 5.83. The summed E-state index contributed by atoms with van der Waals surface area (Å²) in [6.45, 7) is 4.42. The molecule has 0 aliphatic carbocycles. The van der Waals surface area contributed by atoms with Crippen molar-refractivity contribution in [1.82, 2.24) is 9.55 Å². The Bertz CT molecular complexity index is 875. The number of hydrogen-bond acceptors (Lipinski definition) is 6. The highest BCUT2D eigenvalue weighted by atomic mass is 19.1. The average molecular weight is 377 g/mol. The summed E-state index contributed by atoms with van der Waals surface area (Å²) in [6.07, 6.45) is -0.181. The lowest BCUT2D eigenvalue weighted by molar-refractivity contribution is -0.145. The number of esters is 1. The van der Waals surface area contributed by atoms with Crippen LogP contribution in [0.2, 0.25) is 0 Å². The Morgan fingerprint density at radius 3 is 2.52 bits per heavy atom. The van der Waals surface area contributed by atoms with Crippen LogP contribution in [-0.4, -0.2) is 27.2 Å². The van der Waals surface area contributed by atoms with Gasteiger partial charge in [-0.2, -0.15) is 4.98 Å². The van der Waals surface area contributed by atoms with Crippen LogP contribution in [0.4, 0.5) is 15.0 Å². The fourth-order valence-corrected chi connectivity index (χ4v) is 1.99. The summed E-state index contributed by atoms with van der Waals surface area (Å²) in [6, 6.07) is 8.97. The highest BCUT2D eigenvalue weighted by Gasteiger charge is 2.19. The van der Waals surface area contributed by atoms with Crippen LogP contribution in [0.5, 0.6) is 0 Å². The van der Waals surface area contributed by atoms with E-state index >= 15 is 0 Å². The molecule has 1 aromatic heterocycles. The third-order valence-electron chi connectivity index (χ3n) is 3.11. The molecule has 0 aliphatic rings.